The number of unbranched alkanes of at least 4 members (excludes halogenated alkanes) is 2. The fourth-order valence-corrected chi connectivity index (χ4v) is 1.12. The number of rotatable bonds is 7. The molecule has 0 aromatic rings. The van der Waals surface area contributed by atoms with Crippen molar-refractivity contribution in [1.82, 2.24) is 10.0 Å². The van der Waals surface area contributed by atoms with Gasteiger partial charge >= 0.3 is 0 Å². The van der Waals surface area contributed by atoms with Gasteiger partial charge in [0.05, 0.1) is 0 Å². The summed E-state index contributed by atoms with van der Waals surface area (Å²) in [6.45, 7) is 6.85. The van der Waals surface area contributed by atoms with Gasteiger partial charge in [0.2, 0.25) is 0 Å². The summed E-state index contributed by atoms with van der Waals surface area (Å²) in [5.74, 6) is 0. The van der Waals surface area contributed by atoms with Crippen molar-refractivity contribution >= 4 is 0 Å². The summed E-state index contributed by atoms with van der Waals surface area (Å²) in [6.07, 6.45) is 5.16. The largest absolute Gasteiger partial charge is 0.245 e. The molecule has 0 fully saturated rings. The van der Waals surface area contributed by atoms with E-state index in [2.05, 4.69) is 38.0 Å². The topological polar surface area (TPSA) is 6.48 Å². The van der Waals surface area contributed by atoms with Gasteiger partial charge in [-0.1, -0.05) is 26.7 Å². The first-order chi connectivity index (χ1) is 5.72. The number of hydrogen-bond donors (Lipinski definition) is 0. The van der Waals surface area contributed by atoms with E-state index in [-0.39, 0.29) is 0 Å². The second-order valence-electron chi connectivity index (χ2n) is 3.47. The molecule has 2 heteroatoms. The van der Waals surface area contributed by atoms with E-state index in [9.17, 15) is 0 Å². The molecule has 0 aliphatic rings. The van der Waals surface area contributed by atoms with E-state index in [4.69, 9.17) is 0 Å². The summed E-state index contributed by atoms with van der Waals surface area (Å²) in [5, 5.41) is 4.64. The molecule has 0 amide bonds. The van der Waals surface area contributed by atoms with Gasteiger partial charge in [0.15, 0.2) is 0 Å². The molecule has 0 aliphatic carbocycles. The SMILES string of the molecule is CCCCN(C)N(C)CCCC. The lowest BCUT2D eigenvalue weighted by molar-refractivity contribution is 0.0249. The van der Waals surface area contributed by atoms with Gasteiger partial charge in [0.1, 0.15) is 0 Å². The molecule has 0 N–H and O–H groups in total. The van der Waals surface area contributed by atoms with Gasteiger partial charge in [0.25, 0.3) is 0 Å². The molecule has 0 unspecified atom stereocenters. The molecule has 0 aliphatic heterocycles. The monoisotopic (exact) mass is 172 g/mol. The Hall–Kier alpha value is -0.0800. The van der Waals surface area contributed by atoms with Gasteiger partial charge in [-0.25, -0.2) is 10.0 Å². The molecular formula is C10H24N2. The van der Waals surface area contributed by atoms with Crippen LogP contribution in [0.3, 0.4) is 0 Å². The lowest BCUT2D eigenvalue weighted by Gasteiger charge is -2.27. The molecule has 0 saturated carbocycles. The van der Waals surface area contributed by atoms with Gasteiger partial charge < -0.3 is 0 Å². The molecule has 2 nitrogen and oxygen atoms in total. The Labute approximate surface area is 77.5 Å². The molecule has 0 rings (SSSR count). The lowest BCUT2D eigenvalue weighted by Crippen LogP contribution is -2.37. The van der Waals surface area contributed by atoms with Crippen LogP contribution >= 0.6 is 0 Å². The first kappa shape index (κ1) is 11.9. The van der Waals surface area contributed by atoms with E-state index in [0.29, 0.717) is 0 Å². The van der Waals surface area contributed by atoms with Crippen LogP contribution in [0.4, 0.5) is 0 Å². The Morgan fingerprint density at radius 2 is 1.08 bits per heavy atom. The third-order valence-electron chi connectivity index (χ3n) is 2.25. The maximum Gasteiger partial charge on any atom is 0.0130 e. The Morgan fingerprint density at radius 1 is 0.750 bits per heavy atom. The van der Waals surface area contributed by atoms with Crippen molar-refractivity contribution < 1.29 is 0 Å². The van der Waals surface area contributed by atoms with Crippen LogP contribution in [0.25, 0.3) is 0 Å². The molecule has 74 valence electrons. The molecule has 0 saturated heterocycles. The van der Waals surface area contributed by atoms with E-state index in [1.54, 1.807) is 0 Å². The Kier molecular flexibility index (Phi) is 7.51. The quantitative estimate of drug-likeness (QED) is 0.544. The van der Waals surface area contributed by atoms with E-state index in [1.807, 2.05) is 0 Å². The highest BCUT2D eigenvalue weighted by Gasteiger charge is 2.02. The normalized spacial score (nSPS) is 11.5. The minimum absolute atomic E-state index is 1.19. The van der Waals surface area contributed by atoms with Crippen LogP contribution in [0, 0.1) is 0 Å². The fourth-order valence-electron chi connectivity index (χ4n) is 1.12. The Balaban J connectivity index is 3.39. The average molecular weight is 172 g/mol. The highest BCUT2D eigenvalue weighted by Crippen LogP contribution is 1.98. The van der Waals surface area contributed by atoms with Crippen LogP contribution in [-0.4, -0.2) is 37.2 Å². The molecule has 0 atom stereocenters. The third-order valence-corrected chi connectivity index (χ3v) is 2.25. The van der Waals surface area contributed by atoms with Gasteiger partial charge in [-0.15, -0.1) is 0 Å². The summed E-state index contributed by atoms with van der Waals surface area (Å²) in [4.78, 5) is 0. The highest BCUT2D eigenvalue weighted by molar-refractivity contribution is 4.48. The van der Waals surface area contributed by atoms with Gasteiger partial charge in [-0.2, -0.15) is 0 Å². The number of hydrazine groups is 1. The van der Waals surface area contributed by atoms with Crippen molar-refractivity contribution in [3.8, 4) is 0 Å². The molecule has 0 aromatic heterocycles. The van der Waals surface area contributed by atoms with Crippen molar-refractivity contribution in [2.45, 2.75) is 39.5 Å². The zero-order chi connectivity index (χ0) is 9.40. The van der Waals surface area contributed by atoms with Crippen LogP contribution < -0.4 is 0 Å². The lowest BCUT2D eigenvalue weighted by atomic mass is 10.3. The molecule has 0 bridgehead atoms. The minimum atomic E-state index is 1.19. The predicted octanol–water partition coefficient (Wildman–Crippen LogP) is 2.37. The van der Waals surface area contributed by atoms with Crippen LogP contribution in [0.2, 0.25) is 0 Å². The van der Waals surface area contributed by atoms with Crippen molar-refractivity contribution in [3.63, 3.8) is 0 Å². The maximum absolute atomic E-state index is 2.32. The second-order valence-corrected chi connectivity index (χ2v) is 3.47. The van der Waals surface area contributed by atoms with Crippen LogP contribution in [0.15, 0.2) is 0 Å². The number of hydrogen-bond acceptors (Lipinski definition) is 2. The van der Waals surface area contributed by atoms with Crippen molar-refractivity contribution in [3.05, 3.63) is 0 Å². The molecule has 0 aromatic carbocycles. The second kappa shape index (κ2) is 7.56. The highest BCUT2D eigenvalue weighted by atomic mass is 15.6. The zero-order valence-corrected chi connectivity index (χ0v) is 9.14. The number of nitrogens with zero attached hydrogens (tertiary/aromatic N) is 2. The minimum Gasteiger partial charge on any atom is -0.245 e. The van der Waals surface area contributed by atoms with Gasteiger partial charge in [-0.05, 0) is 12.8 Å². The predicted molar refractivity (Wildman–Crippen MR) is 55.1 cm³/mol. The summed E-state index contributed by atoms with van der Waals surface area (Å²) < 4.78 is 0. The van der Waals surface area contributed by atoms with E-state index in [1.165, 1.54) is 38.8 Å². The Bertz CT molecular complexity index is 81.8. The van der Waals surface area contributed by atoms with Crippen molar-refractivity contribution in [2.24, 2.45) is 0 Å². The van der Waals surface area contributed by atoms with E-state index < -0.39 is 0 Å². The Morgan fingerprint density at radius 3 is 1.33 bits per heavy atom. The van der Waals surface area contributed by atoms with E-state index in [0.717, 1.165) is 0 Å². The molecule has 0 spiro atoms. The van der Waals surface area contributed by atoms with Crippen molar-refractivity contribution in [1.29, 1.82) is 0 Å². The average Bonchev–Trinajstić information content (AvgIpc) is 2.10. The van der Waals surface area contributed by atoms with Crippen LogP contribution in [-0.2, 0) is 0 Å². The third kappa shape index (κ3) is 5.56. The summed E-state index contributed by atoms with van der Waals surface area (Å²) in [6, 6.07) is 0. The molecule has 0 radical (unpaired) electrons. The molecule has 0 heterocycles. The fraction of sp³-hybridized carbons (Fsp3) is 1.00. The standard InChI is InChI=1S/C10H24N2/c1-5-7-9-11(3)12(4)10-8-6-2/h5-10H2,1-4H3. The van der Waals surface area contributed by atoms with Gasteiger partial charge in [0, 0.05) is 27.2 Å². The van der Waals surface area contributed by atoms with Crippen LogP contribution in [0.1, 0.15) is 39.5 Å². The summed E-state index contributed by atoms with van der Waals surface area (Å²) in [7, 11) is 4.34. The first-order valence-electron chi connectivity index (χ1n) is 5.14. The zero-order valence-electron chi connectivity index (χ0n) is 9.14. The summed E-state index contributed by atoms with van der Waals surface area (Å²) in [5.41, 5.74) is 0. The smallest absolute Gasteiger partial charge is 0.0130 e. The van der Waals surface area contributed by atoms with E-state index >= 15 is 0 Å². The van der Waals surface area contributed by atoms with Crippen LogP contribution in [0.5, 0.6) is 0 Å². The molecule has 12 heavy (non-hydrogen) atoms. The first-order valence-corrected chi connectivity index (χ1v) is 5.14. The van der Waals surface area contributed by atoms with Gasteiger partial charge in [-0.3, -0.25) is 0 Å². The van der Waals surface area contributed by atoms with Crippen molar-refractivity contribution in [2.75, 3.05) is 27.2 Å². The summed E-state index contributed by atoms with van der Waals surface area (Å²) >= 11 is 0. The maximum atomic E-state index is 2.32. The molecular weight excluding hydrogens is 148 g/mol.